The second kappa shape index (κ2) is 6.09. The topological polar surface area (TPSA) is 41.9 Å². The molecule has 0 unspecified atom stereocenters. The van der Waals surface area contributed by atoms with Crippen molar-refractivity contribution in [2.24, 2.45) is 0 Å². The van der Waals surface area contributed by atoms with Gasteiger partial charge in [0.05, 0.1) is 5.69 Å². The van der Waals surface area contributed by atoms with Crippen LogP contribution in [0.15, 0.2) is 30.6 Å². The fourth-order valence-corrected chi connectivity index (χ4v) is 2.55. The smallest absolute Gasteiger partial charge is 0.178 e. The molecule has 4 nitrogen and oxygen atoms in total. The lowest BCUT2D eigenvalue weighted by molar-refractivity contribution is 0.246. The summed E-state index contributed by atoms with van der Waals surface area (Å²) in [5.41, 5.74) is 3.31. The van der Waals surface area contributed by atoms with Crippen molar-refractivity contribution in [3.05, 3.63) is 41.9 Å². The van der Waals surface area contributed by atoms with Crippen LogP contribution in [0.25, 0.3) is 11.5 Å². The summed E-state index contributed by atoms with van der Waals surface area (Å²) in [6.07, 6.45) is 7.32. The molecule has 3 rings (SSSR count). The zero-order valence-corrected chi connectivity index (χ0v) is 11.9. The van der Waals surface area contributed by atoms with Crippen molar-refractivity contribution < 1.29 is 0 Å². The molecule has 3 heterocycles. The van der Waals surface area contributed by atoms with Crippen LogP contribution in [0.4, 0.5) is 0 Å². The Hall–Kier alpha value is -1.81. The number of hydrogen-bond acceptors (Lipinski definition) is 4. The number of unbranched alkanes of at least 4 members (excludes halogenated alkanes) is 1. The maximum Gasteiger partial charge on any atom is 0.178 e. The maximum absolute atomic E-state index is 4.73. The molecule has 0 N–H and O–H groups in total. The highest BCUT2D eigenvalue weighted by Gasteiger charge is 2.18. The van der Waals surface area contributed by atoms with E-state index in [1.165, 1.54) is 30.6 Å². The Morgan fingerprint density at radius 3 is 3.00 bits per heavy atom. The number of aromatic nitrogens is 3. The molecule has 0 spiro atoms. The van der Waals surface area contributed by atoms with Gasteiger partial charge in [0.25, 0.3) is 0 Å². The Labute approximate surface area is 119 Å². The lowest BCUT2D eigenvalue weighted by Crippen LogP contribution is -2.32. The van der Waals surface area contributed by atoms with E-state index < -0.39 is 0 Å². The third kappa shape index (κ3) is 2.85. The summed E-state index contributed by atoms with van der Waals surface area (Å²) >= 11 is 0. The van der Waals surface area contributed by atoms with E-state index >= 15 is 0 Å². The predicted molar refractivity (Wildman–Crippen MR) is 79.2 cm³/mol. The highest BCUT2D eigenvalue weighted by molar-refractivity contribution is 5.49. The van der Waals surface area contributed by atoms with Crippen LogP contribution in [-0.4, -0.2) is 32.9 Å². The molecule has 104 valence electrons. The Kier molecular flexibility index (Phi) is 4.02. The molecule has 0 aliphatic carbocycles. The molecule has 0 atom stereocenters. The lowest BCUT2D eigenvalue weighted by Gasteiger charge is -2.27. The van der Waals surface area contributed by atoms with E-state index in [2.05, 4.69) is 21.8 Å². The molecule has 2 aromatic heterocycles. The first kappa shape index (κ1) is 13.2. The second-order valence-corrected chi connectivity index (χ2v) is 5.26. The minimum atomic E-state index is 0.738. The van der Waals surface area contributed by atoms with Gasteiger partial charge < -0.3 is 0 Å². The van der Waals surface area contributed by atoms with E-state index in [9.17, 15) is 0 Å². The minimum absolute atomic E-state index is 0.738. The van der Waals surface area contributed by atoms with Gasteiger partial charge in [-0.05, 0) is 37.1 Å². The first-order valence-electron chi connectivity index (χ1n) is 7.35. The third-order valence-corrected chi connectivity index (χ3v) is 3.75. The van der Waals surface area contributed by atoms with Crippen LogP contribution in [0.3, 0.4) is 0 Å². The number of pyridine rings is 1. The summed E-state index contributed by atoms with van der Waals surface area (Å²) in [4.78, 5) is 16.0. The second-order valence-electron chi connectivity index (χ2n) is 5.26. The zero-order chi connectivity index (χ0) is 13.8. The molecule has 0 bridgehead atoms. The van der Waals surface area contributed by atoms with Crippen molar-refractivity contribution in [3.63, 3.8) is 0 Å². The fourth-order valence-electron chi connectivity index (χ4n) is 2.55. The van der Waals surface area contributed by atoms with Gasteiger partial charge in [0.15, 0.2) is 5.82 Å². The average Bonchev–Trinajstić information content (AvgIpc) is 2.53. The maximum atomic E-state index is 4.73. The van der Waals surface area contributed by atoms with Crippen LogP contribution in [0.2, 0.25) is 0 Å². The van der Waals surface area contributed by atoms with E-state index in [0.29, 0.717) is 0 Å². The monoisotopic (exact) mass is 268 g/mol. The summed E-state index contributed by atoms with van der Waals surface area (Å²) in [5.74, 6) is 0.738. The number of hydrogen-bond donors (Lipinski definition) is 0. The van der Waals surface area contributed by atoms with Gasteiger partial charge in [0.2, 0.25) is 0 Å². The van der Waals surface area contributed by atoms with Gasteiger partial charge in [-0.1, -0.05) is 19.4 Å². The Morgan fingerprint density at radius 2 is 2.20 bits per heavy atom. The highest BCUT2D eigenvalue weighted by atomic mass is 15.1. The van der Waals surface area contributed by atoms with Gasteiger partial charge in [-0.15, -0.1) is 0 Å². The number of nitrogens with zero attached hydrogens (tertiary/aromatic N) is 4. The zero-order valence-electron chi connectivity index (χ0n) is 11.9. The Bertz CT molecular complexity index is 568. The standard InChI is InChI=1S/C16H20N4/c1-2-3-9-20-10-7-13-11-18-16(19-15(13)12-20)14-6-4-5-8-17-14/h4-6,8,11H,2-3,7,9-10,12H2,1H3. The molecule has 0 saturated carbocycles. The van der Waals surface area contributed by atoms with Crippen molar-refractivity contribution in [3.8, 4) is 11.5 Å². The van der Waals surface area contributed by atoms with Crippen LogP contribution in [-0.2, 0) is 13.0 Å². The first-order chi connectivity index (χ1) is 9.86. The van der Waals surface area contributed by atoms with Crippen LogP contribution in [0.1, 0.15) is 31.0 Å². The Morgan fingerprint density at radius 1 is 1.25 bits per heavy atom. The average molecular weight is 268 g/mol. The molecule has 1 aliphatic heterocycles. The van der Waals surface area contributed by atoms with Crippen LogP contribution in [0.5, 0.6) is 0 Å². The molecule has 0 aromatic carbocycles. The minimum Gasteiger partial charge on any atom is -0.297 e. The van der Waals surface area contributed by atoms with Crippen molar-refractivity contribution in [2.45, 2.75) is 32.7 Å². The highest BCUT2D eigenvalue weighted by Crippen LogP contribution is 2.19. The number of rotatable bonds is 4. The lowest BCUT2D eigenvalue weighted by atomic mass is 10.1. The summed E-state index contributed by atoms with van der Waals surface area (Å²) in [5, 5.41) is 0. The molecule has 0 saturated heterocycles. The molecular formula is C16H20N4. The van der Waals surface area contributed by atoms with E-state index in [1.807, 2.05) is 24.4 Å². The SMILES string of the molecule is CCCCN1CCc2cnc(-c3ccccn3)nc2C1. The van der Waals surface area contributed by atoms with Crippen molar-refractivity contribution in [1.82, 2.24) is 19.9 Å². The van der Waals surface area contributed by atoms with Gasteiger partial charge in [-0.25, -0.2) is 9.97 Å². The summed E-state index contributed by atoms with van der Waals surface area (Å²) in [6, 6.07) is 5.84. The molecule has 0 radical (unpaired) electrons. The van der Waals surface area contributed by atoms with Crippen LogP contribution in [0, 0.1) is 0 Å². The Balaban J connectivity index is 1.82. The van der Waals surface area contributed by atoms with Gasteiger partial charge in [-0.3, -0.25) is 9.88 Å². The molecular weight excluding hydrogens is 248 g/mol. The molecule has 1 aliphatic rings. The van der Waals surface area contributed by atoms with Crippen molar-refractivity contribution in [2.75, 3.05) is 13.1 Å². The predicted octanol–water partition coefficient (Wildman–Crippen LogP) is 2.70. The van der Waals surface area contributed by atoms with Crippen molar-refractivity contribution in [1.29, 1.82) is 0 Å². The molecule has 2 aromatic rings. The quantitative estimate of drug-likeness (QED) is 0.855. The summed E-state index contributed by atoms with van der Waals surface area (Å²) in [7, 11) is 0. The van der Waals surface area contributed by atoms with E-state index in [4.69, 9.17) is 4.98 Å². The number of fused-ring (bicyclic) bond motifs is 1. The van der Waals surface area contributed by atoms with E-state index in [-0.39, 0.29) is 0 Å². The molecule has 0 fully saturated rings. The largest absolute Gasteiger partial charge is 0.297 e. The molecule has 0 amide bonds. The fraction of sp³-hybridized carbons (Fsp3) is 0.438. The van der Waals surface area contributed by atoms with Crippen LogP contribution < -0.4 is 0 Å². The summed E-state index contributed by atoms with van der Waals surface area (Å²) < 4.78 is 0. The third-order valence-electron chi connectivity index (χ3n) is 3.75. The molecule has 4 heteroatoms. The van der Waals surface area contributed by atoms with Crippen LogP contribution >= 0.6 is 0 Å². The first-order valence-corrected chi connectivity index (χ1v) is 7.35. The molecule has 20 heavy (non-hydrogen) atoms. The summed E-state index contributed by atoms with van der Waals surface area (Å²) in [6.45, 7) is 5.47. The van der Waals surface area contributed by atoms with E-state index in [0.717, 1.165) is 31.0 Å². The van der Waals surface area contributed by atoms with Gasteiger partial charge >= 0.3 is 0 Å². The van der Waals surface area contributed by atoms with Gasteiger partial charge in [-0.2, -0.15) is 0 Å². The normalized spacial score (nSPS) is 15.1. The van der Waals surface area contributed by atoms with Gasteiger partial charge in [0.1, 0.15) is 5.69 Å². The van der Waals surface area contributed by atoms with E-state index in [1.54, 1.807) is 6.20 Å². The van der Waals surface area contributed by atoms with Gasteiger partial charge in [0, 0.05) is 25.5 Å². The van der Waals surface area contributed by atoms with Crippen molar-refractivity contribution >= 4 is 0 Å².